The summed E-state index contributed by atoms with van der Waals surface area (Å²) in [6, 6.07) is 0.736. The highest BCUT2D eigenvalue weighted by Gasteiger charge is 2.20. The average Bonchev–Trinajstić information content (AvgIpc) is 2.42. The van der Waals surface area contributed by atoms with Gasteiger partial charge in [0.1, 0.15) is 0 Å². The molecule has 2 rings (SSSR count). The van der Waals surface area contributed by atoms with Gasteiger partial charge in [0, 0.05) is 26.2 Å². The number of hydrogen-bond donors (Lipinski definition) is 1. The standard InChI is InChI=1S/C15H30N2O/c1-13-7-10-17(11-8-13)12-9-16-14-3-5-15(18-2)6-4-14/h13-16H,3-12H2,1-2H3. The van der Waals surface area contributed by atoms with E-state index in [0.717, 1.165) is 18.5 Å². The molecule has 0 atom stereocenters. The van der Waals surface area contributed by atoms with Gasteiger partial charge in [-0.05, 0) is 57.5 Å². The second-order valence-corrected chi connectivity index (χ2v) is 6.19. The van der Waals surface area contributed by atoms with Crippen molar-refractivity contribution >= 4 is 0 Å². The van der Waals surface area contributed by atoms with Crippen LogP contribution in [0.25, 0.3) is 0 Å². The molecule has 2 aliphatic rings. The predicted octanol–water partition coefficient (Wildman–Crippen LogP) is 2.27. The number of piperidine rings is 1. The first-order chi connectivity index (χ1) is 8.78. The maximum Gasteiger partial charge on any atom is 0.0572 e. The van der Waals surface area contributed by atoms with Crippen molar-refractivity contribution in [2.45, 2.75) is 57.6 Å². The van der Waals surface area contributed by atoms with Crippen molar-refractivity contribution in [3.63, 3.8) is 0 Å². The molecule has 1 saturated heterocycles. The van der Waals surface area contributed by atoms with Gasteiger partial charge < -0.3 is 15.0 Å². The van der Waals surface area contributed by atoms with E-state index in [4.69, 9.17) is 4.74 Å². The largest absolute Gasteiger partial charge is 0.381 e. The number of likely N-dealkylation sites (tertiary alicyclic amines) is 1. The molecule has 0 radical (unpaired) electrons. The van der Waals surface area contributed by atoms with Gasteiger partial charge in [-0.25, -0.2) is 0 Å². The van der Waals surface area contributed by atoms with Crippen molar-refractivity contribution in [3.8, 4) is 0 Å². The lowest BCUT2D eigenvalue weighted by atomic mass is 9.93. The third-order valence-corrected chi connectivity index (χ3v) is 4.74. The monoisotopic (exact) mass is 254 g/mol. The summed E-state index contributed by atoms with van der Waals surface area (Å²) in [5, 5.41) is 3.73. The van der Waals surface area contributed by atoms with Crippen LogP contribution in [0.15, 0.2) is 0 Å². The Kier molecular flexibility index (Phi) is 5.93. The van der Waals surface area contributed by atoms with E-state index in [1.165, 1.54) is 58.2 Å². The van der Waals surface area contributed by atoms with Gasteiger partial charge >= 0.3 is 0 Å². The quantitative estimate of drug-likeness (QED) is 0.814. The number of nitrogens with one attached hydrogen (secondary N) is 1. The van der Waals surface area contributed by atoms with E-state index in [9.17, 15) is 0 Å². The third-order valence-electron chi connectivity index (χ3n) is 4.74. The molecular weight excluding hydrogens is 224 g/mol. The van der Waals surface area contributed by atoms with Gasteiger partial charge in [-0.1, -0.05) is 6.92 Å². The lowest BCUT2D eigenvalue weighted by Crippen LogP contribution is -2.42. The lowest BCUT2D eigenvalue weighted by Gasteiger charge is -2.32. The molecule has 0 aromatic carbocycles. The van der Waals surface area contributed by atoms with Crippen molar-refractivity contribution in [2.75, 3.05) is 33.3 Å². The fraction of sp³-hybridized carbons (Fsp3) is 1.00. The Bertz CT molecular complexity index is 219. The van der Waals surface area contributed by atoms with E-state index in [2.05, 4.69) is 17.1 Å². The summed E-state index contributed by atoms with van der Waals surface area (Å²) in [5.41, 5.74) is 0. The maximum absolute atomic E-state index is 5.41. The second kappa shape index (κ2) is 7.46. The molecule has 0 bridgehead atoms. The van der Waals surface area contributed by atoms with E-state index >= 15 is 0 Å². The molecule has 1 N–H and O–H groups in total. The van der Waals surface area contributed by atoms with Crippen molar-refractivity contribution in [1.29, 1.82) is 0 Å². The Balaban J connectivity index is 1.53. The first-order valence-electron chi connectivity index (χ1n) is 7.76. The summed E-state index contributed by atoms with van der Waals surface area (Å²) < 4.78 is 5.41. The van der Waals surface area contributed by atoms with Crippen molar-refractivity contribution in [2.24, 2.45) is 5.92 Å². The summed E-state index contributed by atoms with van der Waals surface area (Å²) >= 11 is 0. The molecule has 0 aromatic rings. The summed E-state index contributed by atoms with van der Waals surface area (Å²) in [6.45, 7) is 7.38. The van der Waals surface area contributed by atoms with Gasteiger partial charge in [0.25, 0.3) is 0 Å². The van der Waals surface area contributed by atoms with Crippen LogP contribution in [0.2, 0.25) is 0 Å². The van der Waals surface area contributed by atoms with Gasteiger partial charge in [-0.3, -0.25) is 0 Å². The molecule has 1 saturated carbocycles. The minimum Gasteiger partial charge on any atom is -0.381 e. The lowest BCUT2D eigenvalue weighted by molar-refractivity contribution is 0.0620. The van der Waals surface area contributed by atoms with Crippen LogP contribution in [0.5, 0.6) is 0 Å². The van der Waals surface area contributed by atoms with Crippen LogP contribution in [0, 0.1) is 5.92 Å². The molecule has 2 fully saturated rings. The van der Waals surface area contributed by atoms with E-state index in [-0.39, 0.29) is 0 Å². The van der Waals surface area contributed by atoms with Crippen LogP contribution in [-0.2, 0) is 4.74 Å². The van der Waals surface area contributed by atoms with Crippen LogP contribution in [-0.4, -0.2) is 50.3 Å². The Morgan fingerprint density at radius 2 is 1.72 bits per heavy atom. The third kappa shape index (κ3) is 4.52. The van der Waals surface area contributed by atoms with Crippen molar-refractivity contribution < 1.29 is 4.74 Å². The number of nitrogens with zero attached hydrogens (tertiary/aromatic N) is 1. The number of methoxy groups -OCH3 is 1. The molecular formula is C15H30N2O. The summed E-state index contributed by atoms with van der Waals surface area (Å²) in [7, 11) is 1.84. The highest BCUT2D eigenvalue weighted by Crippen LogP contribution is 2.20. The summed E-state index contributed by atoms with van der Waals surface area (Å²) in [5.74, 6) is 0.943. The molecule has 1 aliphatic carbocycles. The molecule has 1 heterocycles. The Hall–Kier alpha value is -0.120. The van der Waals surface area contributed by atoms with Crippen molar-refractivity contribution in [3.05, 3.63) is 0 Å². The molecule has 18 heavy (non-hydrogen) atoms. The zero-order valence-electron chi connectivity index (χ0n) is 12.2. The molecule has 3 heteroatoms. The summed E-state index contributed by atoms with van der Waals surface area (Å²) in [6.07, 6.45) is 8.33. The van der Waals surface area contributed by atoms with E-state index < -0.39 is 0 Å². The number of hydrogen-bond acceptors (Lipinski definition) is 3. The zero-order valence-corrected chi connectivity index (χ0v) is 12.2. The van der Waals surface area contributed by atoms with Gasteiger partial charge in [-0.15, -0.1) is 0 Å². The molecule has 0 aromatic heterocycles. The first kappa shape index (κ1) is 14.3. The molecule has 1 aliphatic heterocycles. The van der Waals surface area contributed by atoms with Crippen LogP contribution >= 0.6 is 0 Å². The molecule has 106 valence electrons. The minimum atomic E-state index is 0.520. The minimum absolute atomic E-state index is 0.520. The Morgan fingerprint density at radius 3 is 2.33 bits per heavy atom. The number of rotatable bonds is 5. The fourth-order valence-corrected chi connectivity index (χ4v) is 3.22. The molecule has 0 unspecified atom stereocenters. The maximum atomic E-state index is 5.41. The smallest absolute Gasteiger partial charge is 0.0572 e. The Labute approximate surface area is 112 Å². The van der Waals surface area contributed by atoms with Gasteiger partial charge in [0.15, 0.2) is 0 Å². The van der Waals surface area contributed by atoms with Gasteiger partial charge in [-0.2, -0.15) is 0 Å². The number of ether oxygens (including phenoxy) is 1. The van der Waals surface area contributed by atoms with Crippen LogP contribution in [0.4, 0.5) is 0 Å². The predicted molar refractivity (Wildman–Crippen MR) is 75.9 cm³/mol. The molecule has 0 amide bonds. The SMILES string of the molecule is COC1CCC(NCCN2CCC(C)CC2)CC1. The Morgan fingerprint density at radius 1 is 1.06 bits per heavy atom. The normalized spacial score (nSPS) is 31.7. The van der Waals surface area contributed by atoms with Gasteiger partial charge in [0.2, 0.25) is 0 Å². The highest BCUT2D eigenvalue weighted by atomic mass is 16.5. The molecule has 0 spiro atoms. The average molecular weight is 254 g/mol. The highest BCUT2D eigenvalue weighted by molar-refractivity contribution is 4.78. The van der Waals surface area contributed by atoms with Gasteiger partial charge in [0.05, 0.1) is 6.10 Å². The van der Waals surface area contributed by atoms with Crippen LogP contribution in [0.1, 0.15) is 45.4 Å². The van der Waals surface area contributed by atoms with E-state index in [1.807, 2.05) is 7.11 Å². The zero-order chi connectivity index (χ0) is 12.8. The summed E-state index contributed by atoms with van der Waals surface area (Å²) in [4.78, 5) is 2.62. The molecule has 3 nitrogen and oxygen atoms in total. The van der Waals surface area contributed by atoms with Crippen LogP contribution < -0.4 is 5.32 Å². The first-order valence-corrected chi connectivity index (χ1v) is 7.76. The topological polar surface area (TPSA) is 24.5 Å². The van der Waals surface area contributed by atoms with E-state index in [1.54, 1.807) is 0 Å². The second-order valence-electron chi connectivity index (χ2n) is 6.19. The fourth-order valence-electron chi connectivity index (χ4n) is 3.22. The van der Waals surface area contributed by atoms with Crippen LogP contribution in [0.3, 0.4) is 0 Å². The van der Waals surface area contributed by atoms with Crippen molar-refractivity contribution in [1.82, 2.24) is 10.2 Å². The van der Waals surface area contributed by atoms with E-state index in [0.29, 0.717) is 6.10 Å².